The van der Waals surface area contributed by atoms with Gasteiger partial charge >= 0.3 is 6.09 Å². The highest BCUT2D eigenvalue weighted by molar-refractivity contribution is 6.30. The second-order valence-electron chi connectivity index (χ2n) is 4.60. The van der Waals surface area contributed by atoms with Gasteiger partial charge in [-0.2, -0.15) is 0 Å². The van der Waals surface area contributed by atoms with Crippen LogP contribution in [-0.2, 0) is 4.74 Å². The monoisotopic (exact) mass is 241 g/mol. The van der Waals surface area contributed by atoms with Gasteiger partial charge in [-0.3, -0.25) is 5.32 Å². The van der Waals surface area contributed by atoms with Gasteiger partial charge in [-0.25, -0.2) is 4.79 Å². The van der Waals surface area contributed by atoms with E-state index in [1.807, 2.05) is 20.8 Å². The molecule has 16 heavy (non-hydrogen) atoms. The molecule has 1 aliphatic carbocycles. The lowest BCUT2D eigenvalue weighted by Crippen LogP contribution is -2.32. The Labute approximate surface area is 101 Å². The van der Waals surface area contributed by atoms with Gasteiger partial charge in [0.1, 0.15) is 5.60 Å². The fourth-order valence-corrected chi connectivity index (χ4v) is 1.42. The predicted octanol–water partition coefficient (Wildman–Crippen LogP) is 3.48. The van der Waals surface area contributed by atoms with E-state index in [4.69, 9.17) is 16.3 Å². The molecule has 3 nitrogen and oxygen atoms in total. The quantitative estimate of drug-likeness (QED) is 0.763. The highest BCUT2D eigenvalue weighted by Gasteiger charge is 2.18. The third-order valence-electron chi connectivity index (χ3n) is 1.83. The van der Waals surface area contributed by atoms with Gasteiger partial charge in [0.2, 0.25) is 0 Å². The van der Waals surface area contributed by atoms with Crippen molar-refractivity contribution in [3.8, 4) is 0 Å². The van der Waals surface area contributed by atoms with Gasteiger partial charge in [0.15, 0.2) is 0 Å². The number of nitrogens with one attached hydrogen (secondary N) is 1. The summed E-state index contributed by atoms with van der Waals surface area (Å²) < 4.78 is 5.13. The highest BCUT2D eigenvalue weighted by atomic mass is 35.5. The van der Waals surface area contributed by atoms with E-state index in [2.05, 4.69) is 11.9 Å². The standard InChI is InChI=1S/C12H16ClNO2/c1-8-7-9(13)5-6-10(8)14-11(15)16-12(2,3)4/h5-6H,1,7H2,2-4H3,(H,14,15). The van der Waals surface area contributed by atoms with Crippen LogP contribution >= 0.6 is 11.6 Å². The number of ether oxygens (including phenoxy) is 1. The fourth-order valence-electron chi connectivity index (χ4n) is 1.19. The Morgan fingerprint density at radius 3 is 2.62 bits per heavy atom. The van der Waals surface area contributed by atoms with Crippen molar-refractivity contribution in [3.05, 3.63) is 35.0 Å². The van der Waals surface area contributed by atoms with E-state index in [0.717, 1.165) is 5.57 Å². The molecule has 1 rings (SSSR count). The SMILES string of the molecule is C=C1CC(Cl)=CC=C1NC(=O)OC(C)(C)C. The molecule has 0 aromatic heterocycles. The summed E-state index contributed by atoms with van der Waals surface area (Å²) in [5.74, 6) is 0. The average Bonchev–Trinajstić information content (AvgIpc) is 2.06. The van der Waals surface area contributed by atoms with Crippen LogP contribution in [0.4, 0.5) is 4.79 Å². The van der Waals surface area contributed by atoms with Crippen molar-refractivity contribution in [2.24, 2.45) is 0 Å². The highest BCUT2D eigenvalue weighted by Crippen LogP contribution is 2.23. The van der Waals surface area contributed by atoms with E-state index in [9.17, 15) is 4.79 Å². The van der Waals surface area contributed by atoms with Gasteiger partial charge in [0.25, 0.3) is 0 Å². The predicted molar refractivity (Wildman–Crippen MR) is 65.1 cm³/mol. The normalized spacial score (nSPS) is 16.4. The molecule has 0 radical (unpaired) electrons. The van der Waals surface area contributed by atoms with Crippen molar-refractivity contribution in [2.75, 3.05) is 0 Å². The number of hydrogen-bond acceptors (Lipinski definition) is 2. The Hall–Kier alpha value is -1.22. The Morgan fingerprint density at radius 1 is 1.50 bits per heavy atom. The molecule has 0 saturated heterocycles. The third-order valence-corrected chi connectivity index (χ3v) is 2.09. The lowest BCUT2D eigenvalue weighted by molar-refractivity contribution is 0.0547. The minimum absolute atomic E-state index is 0.480. The third kappa shape index (κ3) is 4.11. The molecule has 1 N–H and O–H groups in total. The summed E-state index contributed by atoms with van der Waals surface area (Å²) >= 11 is 5.83. The van der Waals surface area contributed by atoms with Gasteiger partial charge in [0, 0.05) is 17.2 Å². The Kier molecular flexibility index (Phi) is 3.81. The molecule has 1 aliphatic rings. The second kappa shape index (κ2) is 4.74. The lowest BCUT2D eigenvalue weighted by atomic mass is 10.1. The van der Waals surface area contributed by atoms with Gasteiger partial charge in [-0.05, 0) is 38.5 Å². The number of rotatable bonds is 1. The molecule has 0 spiro atoms. The summed E-state index contributed by atoms with van der Waals surface area (Å²) in [6.07, 6.45) is 3.54. The molecule has 0 fully saturated rings. The minimum Gasteiger partial charge on any atom is -0.444 e. The van der Waals surface area contributed by atoms with Crippen LogP contribution in [0.5, 0.6) is 0 Å². The van der Waals surface area contributed by atoms with Crippen molar-refractivity contribution < 1.29 is 9.53 Å². The zero-order valence-corrected chi connectivity index (χ0v) is 10.5. The molecule has 0 unspecified atom stereocenters. The van der Waals surface area contributed by atoms with E-state index >= 15 is 0 Å². The maximum Gasteiger partial charge on any atom is 0.412 e. The summed E-state index contributed by atoms with van der Waals surface area (Å²) in [5.41, 5.74) is 0.922. The maximum atomic E-state index is 11.5. The Morgan fingerprint density at radius 2 is 2.12 bits per heavy atom. The van der Waals surface area contributed by atoms with Crippen LogP contribution in [0.15, 0.2) is 35.0 Å². The summed E-state index contributed by atoms with van der Waals surface area (Å²) in [7, 11) is 0. The summed E-state index contributed by atoms with van der Waals surface area (Å²) in [6, 6.07) is 0. The molecule has 0 aromatic carbocycles. The number of carbonyl (C=O) groups is 1. The number of amides is 1. The fraction of sp³-hybridized carbons (Fsp3) is 0.417. The summed E-state index contributed by atoms with van der Waals surface area (Å²) in [5, 5.41) is 3.35. The zero-order valence-electron chi connectivity index (χ0n) is 9.76. The van der Waals surface area contributed by atoms with E-state index in [-0.39, 0.29) is 0 Å². The van der Waals surface area contributed by atoms with Gasteiger partial charge < -0.3 is 4.74 Å². The molecule has 0 heterocycles. The summed E-state index contributed by atoms with van der Waals surface area (Å²) in [6.45, 7) is 9.27. The van der Waals surface area contributed by atoms with E-state index < -0.39 is 11.7 Å². The average molecular weight is 242 g/mol. The van der Waals surface area contributed by atoms with Crippen molar-refractivity contribution in [2.45, 2.75) is 32.8 Å². The first-order valence-corrected chi connectivity index (χ1v) is 5.40. The topological polar surface area (TPSA) is 38.3 Å². The Bertz CT molecular complexity index is 375. The first-order valence-electron chi connectivity index (χ1n) is 5.02. The molecular formula is C12H16ClNO2. The number of hydrogen-bond donors (Lipinski definition) is 1. The molecule has 0 aliphatic heterocycles. The van der Waals surface area contributed by atoms with Crippen LogP contribution < -0.4 is 5.32 Å². The van der Waals surface area contributed by atoms with Crippen LogP contribution in [-0.4, -0.2) is 11.7 Å². The van der Waals surface area contributed by atoms with Gasteiger partial charge in [0.05, 0.1) is 0 Å². The maximum absolute atomic E-state index is 11.5. The molecule has 4 heteroatoms. The van der Waals surface area contributed by atoms with Crippen LogP contribution in [0, 0.1) is 0 Å². The molecule has 0 bridgehead atoms. The summed E-state index contributed by atoms with van der Waals surface area (Å²) in [4.78, 5) is 11.5. The van der Waals surface area contributed by atoms with Crippen molar-refractivity contribution in [1.82, 2.24) is 5.32 Å². The minimum atomic E-state index is -0.506. The van der Waals surface area contributed by atoms with Crippen LogP contribution in [0.3, 0.4) is 0 Å². The molecule has 0 atom stereocenters. The number of alkyl carbamates (subject to hydrolysis) is 1. The van der Waals surface area contributed by atoms with Crippen molar-refractivity contribution in [1.29, 1.82) is 0 Å². The van der Waals surface area contributed by atoms with E-state index in [0.29, 0.717) is 17.2 Å². The first kappa shape index (κ1) is 12.8. The van der Waals surface area contributed by atoms with Crippen LogP contribution in [0.25, 0.3) is 0 Å². The first-order chi connectivity index (χ1) is 7.28. The molecule has 0 aromatic rings. The van der Waals surface area contributed by atoms with Crippen molar-refractivity contribution in [3.63, 3.8) is 0 Å². The molecule has 88 valence electrons. The van der Waals surface area contributed by atoms with E-state index in [1.54, 1.807) is 12.2 Å². The van der Waals surface area contributed by atoms with E-state index in [1.165, 1.54) is 0 Å². The Balaban J connectivity index is 2.62. The number of carbonyl (C=O) groups excluding carboxylic acids is 1. The van der Waals surface area contributed by atoms with Crippen molar-refractivity contribution >= 4 is 17.7 Å². The smallest absolute Gasteiger partial charge is 0.412 e. The number of halogens is 1. The molecular weight excluding hydrogens is 226 g/mol. The molecule has 0 saturated carbocycles. The van der Waals surface area contributed by atoms with Crippen LogP contribution in [0.1, 0.15) is 27.2 Å². The number of allylic oxidation sites excluding steroid dienone is 4. The lowest BCUT2D eigenvalue weighted by Gasteiger charge is -2.21. The van der Waals surface area contributed by atoms with Gasteiger partial charge in [-0.15, -0.1) is 0 Å². The molecule has 1 amide bonds. The van der Waals surface area contributed by atoms with Crippen LogP contribution in [0.2, 0.25) is 0 Å². The zero-order chi connectivity index (χ0) is 12.3. The largest absolute Gasteiger partial charge is 0.444 e. The second-order valence-corrected chi connectivity index (χ2v) is 5.09. The van der Waals surface area contributed by atoms with Gasteiger partial charge in [-0.1, -0.05) is 18.2 Å².